The number of carbonyl (C=O) groups is 1. The summed E-state index contributed by atoms with van der Waals surface area (Å²) in [5.41, 5.74) is 0.612. The van der Waals surface area contributed by atoms with Gasteiger partial charge in [-0.3, -0.25) is 0 Å². The van der Waals surface area contributed by atoms with E-state index in [1.807, 2.05) is 0 Å². The molecule has 0 radical (unpaired) electrons. The third-order valence-electron chi connectivity index (χ3n) is 1.74. The van der Waals surface area contributed by atoms with Gasteiger partial charge in [-0.15, -0.1) is 0 Å². The van der Waals surface area contributed by atoms with E-state index in [1.165, 1.54) is 24.3 Å². The van der Waals surface area contributed by atoms with Crippen LogP contribution in [0.1, 0.15) is 12.5 Å². The number of hydrogen-bond acceptors (Lipinski definition) is 3. The van der Waals surface area contributed by atoms with Gasteiger partial charge in [0.25, 0.3) is 0 Å². The molecule has 0 heterocycles. The second-order valence-electron chi connectivity index (χ2n) is 2.92. The first kappa shape index (κ1) is 12.9. The van der Waals surface area contributed by atoms with Crippen molar-refractivity contribution in [2.24, 2.45) is 0 Å². The predicted molar refractivity (Wildman–Crippen MR) is 63.8 cm³/mol. The molecular formula is C11H10Cl2O3. The van der Waals surface area contributed by atoms with Crippen molar-refractivity contribution in [1.29, 1.82) is 0 Å². The molecule has 0 unspecified atom stereocenters. The summed E-state index contributed by atoms with van der Waals surface area (Å²) in [6.45, 7) is 2.04. The summed E-state index contributed by atoms with van der Waals surface area (Å²) < 4.78 is 4.71. The van der Waals surface area contributed by atoms with Crippen LogP contribution in [0.4, 0.5) is 0 Å². The highest BCUT2D eigenvalue weighted by Crippen LogP contribution is 2.32. The van der Waals surface area contributed by atoms with Crippen LogP contribution in [-0.4, -0.2) is 17.7 Å². The van der Waals surface area contributed by atoms with Crippen LogP contribution in [0.25, 0.3) is 6.08 Å². The molecule has 0 amide bonds. The van der Waals surface area contributed by atoms with Crippen LogP contribution < -0.4 is 0 Å². The third-order valence-corrected chi connectivity index (χ3v) is 2.31. The number of benzene rings is 1. The average Bonchev–Trinajstić information content (AvgIpc) is 2.23. The van der Waals surface area contributed by atoms with E-state index in [-0.39, 0.29) is 15.8 Å². The summed E-state index contributed by atoms with van der Waals surface area (Å²) in [6, 6.07) is 3.00. The molecule has 0 aliphatic rings. The third kappa shape index (κ3) is 3.43. The number of hydrogen-bond donors (Lipinski definition) is 1. The number of rotatable bonds is 3. The molecule has 0 aromatic heterocycles. The summed E-state index contributed by atoms with van der Waals surface area (Å²) in [6.07, 6.45) is 2.78. The minimum atomic E-state index is -0.442. The first-order valence-corrected chi connectivity index (χ1v) is 5.33. The molecule has 5 heteroatoms. The predicted octanol–water partition coefficient (Wildman–Crippen LogP) is 3.28. The molecule has 0 aliphatic carbocycles. The number of phenols is 1. The number of phenolic OH excluding ortho intramolecular Hbond substituents is 1. The van der Waals surface area contributed by atoms with Gasteiger partial charge in [-0.05, 0) is 30.7 Å². The Morgan fingerprint density at radius 2 is 2.00 bits per heavy atom. The fraction of sp³-hybridized carbons (Fsp3) is 0.182. The number of aromatic hydroxyl groups is 1. The molecule has 0 fully saturated rings. The zero-order chi connectivity index (χ0) is 12.1. The van der Waals surface area contributed by atoms with E-state index in [0.29, 0.717) is 12.2 Å². The molecule has 1 aromatic carbocycles. The SMILES string of the molecule is CCOC(=O)C=Cc1cc(Cl)c(O)c(Cl)c1. The molecule has 0 bridgehead atoms. The smallest absolute Gasteiger partial charge is 0.330 e. The number of esters is 1. The van der Waals surface area contributed by atoms with E-state index < -0.39 is 5.97 Å². The molecule has 0 saturated carbocycles. The van der Waals surface area contributed by atoms with Crippen molar-refractivity contribution in [1.82, 2.24) is 0 Å². The summed E-state index contributed by atoms with van der Waals surface area (Å²) in [7, 11) is 0. The summed E-state index contributed by atoms with van der Waals surface area (Å²) in [4.78, 5) is 11.0. The lowest BCUT2D eigenvalue weighted by Crippen LogP contribution is -1.98. The molecule has 86 valence electrons. The van der Waals surface area contributed by atoms with Crippen LogP contribution >= 0.6 is 23.2 Å². The number of ether oxygens (including phenoxy) is 1. The van der Waals surface area contributed by atoms with Crippen LogP contribution in [0.15, 0.2) is 18.2 Å². The van der Waals surface area contributed by atoms with Gasteiger partial charge in [0.15, 0.2) is 5.75 Å². The number of carbonyl (C=O) groups excluding carboxylic acids is 1. The second kappa shape index (κ2) is 5.77. The minimum absolute atomic E-state index is 0.135. The highest BCUT2D eigenvalue weighted by Gasteiger charge is 2.05. The Balaban J connectivity index is 2.86. The van der Waals surface area contributed by atoms with Gasteiger partial charge in [-0.1, -0.05) is 23.2 Å². The van der Waals surface area contributed by atoms with Crippen molar-refractivity contribution in [2.45, 2.75) is 6.92 Å². The van der Waals surface area contributed by atoms with Gasteiger partial charge < -0.3 is 9.84 Å². The van der Waals surface area contributed by atoms with E-state index in [0.717, 1.165) is 0 Å². The lowest BCUT2D eigenvalue weighted by Gasteiger charge is -2.01. The van der Waals surface area contributed by atoms with E-state index in [9.17, 15) is 9.90 Å². The average molecular weight is 261 g/mol. The Morgan fingerprint density at radius 3 is 2.50 bits per heavy atom. The lowest BCUT2D eigenvalue weighted by atomic mass is 10.2. The van der Waals surface area contributed by atoms with Crippen molar-refractivity contribution >= 4 is 35.2 Å². The normalized spacial score (nSPS) is 10.7. The van der Waals surface area contributed by atoms with Crippen LogP contribution in [0.5, 0.6) is 5.75 Å². The summed E-state index contributed by atoms with van der Waals surface area (Å²) in [5.74, 6) is -0.612. The van der Waals surface area contributed by atoms with Crippen molar-refractivity contribution in [3.63, 3.8) is 0 Å². The molecule has 3 nitrogen and oxygen atoms in total. The lowest BCUT2D eigenvalue weighted by molar-refractivity contribution is -0.137. The minimum Gasteiger partial charge on any atom is -0.505 e. The van der Waals surface area contributed by atoms with Crippen molar-refractivity contribution in [2.75, 3.05) is 6.61 Å². The first-order chi connectivity index (χ1) is 7.54. The summed E-state index contributed by atoms with van der Waals surface area (Å²) in [5, 5.41) is 9.58. The maximum Gasteiger partial charge on any atom is 0.330 e. The first-order valence-electron chi connectivity index (χ1n) is 4.57. The van der Waals surface area contributed by atoms with Crippen molar-refractivity contribution in [3.05, 3.63) is 33.8 Å². The van der Waals surface area contributed by atoms with Crippen LogP contribution in [0.2, 0.25) is 10.0 Å². The van der Waals surface area contributed by atoms with Crippen molar-refractivity contribution < 1.29 is 14.6 Å². The molecule has 0 aliphatic heterocycles. The Hall–Kier alpha value is -1.19. The molecule has 1 aromatic rings. The standard InChI is InChI=1S/C11H10Cl2O3/c1-2-16-10(14)4-3-7-5-8(12)11(15)9(13)6-7/h3-6,15H,2H2,1H3. The summed E-state index contributed by atoms with van der Waals surface area (Å²) >= 11 is 11.4. The molecule has 0 atom stereocenters. The Kier molecular flexibility index (Phi) is 4.65. The molecule has 1 rings (SSSR count). The maximum absolute atomic E-state index is 11.0. The molecular weight excluding hydrogens is 251 g/mol. The fourth-order valence-electron chi connectivity index (χ4n) is 1.04. The Labute approximate surface area is 103 Å². The van der Waals surface area contributed by atoms with Gasteiger partial charge in [-0.2, -0.15) is 0 Å². The largest absolute Gasteiger partial charge is 0.505 e. The van der Waals surface area contributed by atoms with E-state index in [1.54, 1.807) is 6.92 Å². The zero-order valence-corrected chi connectivity index (χ0v) is 10.0. The highest BCUT2D eigenvalue weighted by molar-refractivity contribution is 6.37. The van der Waals surface area contributed by atoms with Gasteiger partial charge in [0.1, 0.15) is 0 Å². The molecule has 1 N–H and O–H groups in total. The van der Waals surface area contributed by atoms with Gasteiger partial charge in [-0.25, -0.2) is 4.79 Å². The van der Waals surface area contributed by atoms with Crippen LogP contribution in [-0.2, 0) is 9.53 Å². The van der Waals surface area contributed by atoms with Crippen molar-refractivity contribution in [3.8, 4) is 5.75 Å². The Morgan fingerprint density at radius 1 is 1.44 bits per heavy atom. The van der Waals surface area contributed by atoms with Crippen LogP contribution in [0.3, 0.4) is 0 Å². The molecule has 16 heavy (non-hydrogen) atoms. The second-order valence-corrected chi connectivity index (χ2v) is 3.73. The fourth-order valence-corrected chi connectivity index (χ4v) is 1.54. The van der Waals surface area contributed by atoms with E-state index >= 15 is 0 Å². The maximum atomic E-state index is 11.0. The molecule has 0 spiro atoms. The monoisotopic (exact) mass is 260 g/mol. The van der Waals surface area contributed by atoms with E-state index in [2.05, 4.69) is 0 Å². The topological polar surface area (TPSA) is 46.5 Å². The van der Waals surface area contributed by atoms with Gasteiger partial charge in [0, 0.05) is 6.08 Å². The Bertz CT molecular complexity index is 404. The van der Waals surface area contributed by atoms with E-state index in [4.69, 9.17) is 27.9 Å². The quantitative estimate of drug-likeness (QED) is 0.670. The van der Waals surface area contributed by atoms with Crippen LogP contribution in [0, 0.1) is 0 Å². The van der Waals surface area contributed by atoms with Gasteiger partial charge in [0.05, 0.1) is 16.7 Å². The highest BCUT2D eigenvalue weighted by atomic mass is 35.5. The van der Waals surface area contributed by atoms with Gasteiger partial charge >= 0.3 is 5.97 Å². The molecule has 0 saturated heterocycles. The van der Waals surface area contributed by atoms with Gasteiger partial charge in [0.2, 0.25) is 0 Å². The zero-order valence-electron chi connectivity index (χ0n) is 8.54. The number of halogens is 2.